The molecule has 0 spiro atoms. The number of nitrogens with zero attached hydrogens (tertiary/aromatic N) is 1. The second-order valence-electron chi connectivity index (χ2n) is 4.98. The van der Waals surface area contributed by atoms with E-state index < -0.39 is 4.92 Å². The van der Waals surface area contributed by atoms with Crippen LogP contribution in [0.2, 0.25) is 0 Å². The van der Waals surface area contributed by atoms with Crippen molar-refractivity contribution in [1.82, 2.24) is 0 Å². The van der Waals surface area contributed by atoms with Crippen molar-refractivity contribution in [3.05, 3.63) is 69.8 Å². The van der Waals surface area contributed by atoms with E-state index in [1.807, 2.05) is 19.9 Å². The quantitative estimate of drug-likeness (QED) is 0.517. The standard InChI is InChI=1S/C16H16N2O3/c1-11(2)17-14-10-13(8-9-15(14)18(20)21)16(19)12-6-4-3-5-7-12/h3-11,17H,1-2H3. The van der Waals surface area contributed by atoms with Crippen LogP contribution in [0.15, 0.2) is 48.5 Å². The molecule has 0 saturated heterocycles. The fourth-order valence-electron chi connectivity index (χ4n) is 2.02. The smallest absolute Gasteiger partial charge is 0.292 e. The first-order valence-corrected chi connectivity index (χ1v) is 6.63. The number of hydrogen-bond acceptors (Lipinski definition) is 4. The molecule has 0 aromatic heterocycles. The number of nitro groups is 1. The molecular formula is C16H16N2O3. The molecule has 2 aromatic rings. The first-order valence-electron chi connectivity index (χ1n) is 6.63. The van der Waals surface area contributed by atoms with Crippen LogP contribution in [-0.2, 0) is 0 Å². The van der Waals surface area contributed by atoms with Crippen LogP contribution in [0.4, 0.5) is 11.4 Å². The van der Waals surface area contributed by atoms with Crippen molar-refractivity contribution in [3.8, 4) is 0 Å². The minimum atomic E-state index is -0.457. The van der Waals surface area contributed by atoms with Crippen LogP contribution in [0.25, 0.3) is 0 Å². The third kappa shape index (κ3) is 3.45. The van der Waals surface area contributed by atoms with Gasteiger partial charge in [0.25, 0.3) is 5.69 Å². The molecule has 0 fully saturated rings. The highest BCUT2D eigenvalue weighted by Crippen LogP contribution is 2.27. The van der Waals surface area contributed by atoms with Gasteiger partial charge >= 0.3 is 0 Å². The molecular weight excluding hydrogens is 268 g/mol. The zero-order valence-corrected chi connectivity index (χ0v) is 11.9. The molecule has 0 amide bonds. The molecule has 0 aliphatic carbocycles. The molecule has 0 radical (unpaired) electrons. The van der Waals surface area contributed by atoms with Gasteiger partial charge in [0.15, 0.2) is 5.78 Å². The summed E-state index contributed by atoms with van der Waals surface area (Å²) >= 11 is 0. The summed E-state index contributed by atoms with van der Waals surface area (Å²) in [5.74, 6) is -0.155. The molecule has 0 unspecified atom stereocenters. The van der Waals surface area contributed by atoms with Crippen LogP contribution in [-0.4, -0.2) is 16.7 Å². The van der Waals surface area contributed by atoms with E-state index in [2.05, 4.69) is 5.32 Å². The van der Waals surface area contributed by atoms with E-state index in [0.717, 1.165) is 0 Å². The fraction of sp³-hybridized carbons (Fsp3) is 0.188. The average molecular weight is 284 g/mol. The maximum atomic E-state index is 12.4. The molecule has 0 aliphatic heterocycles. The average Bonchev–Trinajstić information content (AvgIpc) is 2.46. The van der Waals surface area contributed by atoms with E-state index in [-0.39, 0.29) is 17.5 Å². The first kappa shape index (κ1) is 14.7. The molecule has 0 atom stereocenters. The van der Waals surface area contributed by atoms with Gasteiger partial charge in [-0.1, -0.05) is 30.3 Å². The predicted octanol–water partition coefficient (Wildman–Crippen LogP) is 3.65. The molecule has 5 heteroatoms. The summed E-state index contributed by atoms with van der Waals surface area (Å²) in [5.41, 5.74) is 1.31. The summed E-state index contributed by atoms with van der Waals surface area (Å²) in [6.07, 6.45) is 0. The minimum absolute atomic E-state index is 0.0331. The van der Waals surface area contributed by atoms with Gasteiger partial charge in [-0.3, -0.25) is 14.9 Å². The third-order valence-electron chi connectivity index (χ3n) is 2.94. The van der Waals surface area contributed by atoms with E-state index in [1.165, 1.54) is 18.2 Å². The van der Waals surface area contributed by atoms with Crippen molar-refractivity contribution in [1.29, 1.82) is 0 Å². The number of rotatable bonds is 5. The van der Waals surface area contributed by atoms with Crippen molar-refractivity contribution in [3.63, 3.8) is 0 Å². The number of nitro benzene ring substituents is 1. The van der Waals surface area contributed by atoms with Crippen molar-refractivity contribution in [2.75, 3.05) is 5.32 Å². The van der Waals surface area contributed by atoms with Crippen LogP contribution in [0, 0.1) is 10.1 Å². The maximum absolute atomic E-state index is 12.4. The molecule has 0 heterocycles. The second kappa shape index (κ2) is 6.17. The number of carbonyl (C=O) groups excluding carboxylic acids is 1. The Hall–Kier alpha value is -2.69. The minimum Gasteiger partial charge on any atom is -0.377 e. The highest BCUT2D eigenvalue weighted by Gasteiger charge is 2.18. The molecule has 21 heavy (non-hydrogen) atoms. The highest BCUT2D eigenvalue weighted by atomic mass is 16.6. The van der Waals surface area contributed by atoms with Crippen LogP contribution in [0.1, 0.15) is 29.8 Å². The van der Waals surface area contributed by atoms with Crippen molar-refractivity contribution >= 4 is 17.2 Å². The Kier molecular flexibility index (Phi) is 4.33. The van der Waals surface area contributed by atoms with Crippen LogP contribution in [0.3, 0.4) is 0 Å². The van der Waals surface area contributed by atoms with Gasteiger partial charge in [-0.2, -0.15) is 0 Å². The van der Waals surface area contributed by atoms with Crippen LogP contribution >= 0.6 is 0 Å². The molecule has 5 nitrogen and oxygen atoms in total. The Morgan fingerprint density at radius 3 is 2.33 bits per heavy atom. The highest BCUT2D eigenvalue weighted by molar-refractivity contribution is 6.09. The van der Waals surface area contributed by atoms with E-state index in [1.54, 1.807) is 24.3 Å². The SMILES string of the molecule is CC(C)Nc1cc(C(=O)c2ccccc2)ccc1[N+](=O)[O-]. The summed E-state index contributed by atoms with van der Waals surface area (Å²) in [6.45, 7) is 3.77. The van der Waals surface area contributed by atoms with Gasteiger partial charge in [0, 0.05) is 23.2 Å². The van der Waals surface area contributed by atoms with E-state index >= 15 is 0 Å². The van der Waals surface area contributed by atoms with Gasteiger partial charge in [-0.05, 0) is 26.0 Å². The lowest BCUT2D eigenvalue weighted by Crippen LogP contribution is -2.12. The van der Waals surface area contributed by atoms with E-state index in [0.29, 0.717) is 16.8 Å². The molecule has 2 aromatic carbocycles. The normalized spacial score (nSPS) is 10.4. The van der Waals surface area contributed by atoms with Crippen molar-refractivity contribution < 1.29 is 9.72 Å². The van der Waals surface area contributed by atoms with E-state index in [9.17, 15) is 14.9 Å². The predicted molar refractivity (Wildman–Crippen MR) is 81.7 cm³/mol. The number of anilines is 1. The van der Waals surface area contributed by atoms with Crippen LogP contribution in [0.5, 0.6) is 0 Å². The lowest BCUT2D eigenvalue weighted by atomic mass is 10.0. The topological polar surface area (TPSA) is 72.2 Å². The monoisotopic (exact) mass is 284 g/mol. The Balaban J connectivity index is 2.42. The van der Waals surface area contributed by atoms with Gasteiger partial charge in [-0.15, -0.1) is 0 Å². The lowest BCUT2D eigenvalue weighted by Gasteiger charge is -2.11. The fourth-order valence-corrected chi connectivity index (χ4v) is 2.02. The Morgan fingerprint density at radius 1 is 1.10 bits per heavy atom. The van der Waals surface area contributed by atoms with Gasteiger partial charge in [0.1, 0.15) is 5.69 Å². The van der Waals surface area contributed by atoms with Crippen molar-refractivity contribution in [2.45, 2.75) is 19.9 Å². The zero-order valence-electron chi connectivity index (χ0n) is 11.9. The number of nitrogens with one attached hydrogen (secondary N) is 1. The Morgan fingerprint density at radius 2 is 1.76 bits per heavy atom. The Labute approximate surface area is 122 Å². The number of carbonyl (C=O) groups is 1. The molecule has 108 valence electrons. The molecule has 0 saturated carbocycles. The zero-order chi connectivity index (χ0) is 15.4. The lowest BCUT2D eigenvalue weighted by molar-refractivity contribution is -0.384. The maximum Gasteiger partial charge on any atom is 0.292 e. The van der Waals surface area contributed by atoms with Gasteiger partial charge in [0.05, 0.1) is 4.92 Å². The molecule has 1 N–H and O–H groups in total. The summed E-state index contributed by atoms with van der Waals surface area (Å²) in [5, 5.41) is 14.0. The first-order chi connectivity index (χ1) is 9.99. The molecule has 0 bridgehead atoms. The van der Waals surface area contributed by atoms with E-state index in [4.69, 9.17) is 0 Å². The summed E-state index contributed by atoms with van der Waals surface area (Å²) in [4.78, 5) is 22.9. The number of ketones is 1. The Bertz CT molecular complexity index is 666. The molecule has 0 aliphatic rings. The molecule has 2 rings (SSSR count). The second-order valence-corrected chi connectivity index (χ2v) is 4.98. The number of hydrogen-bond donors (Lipinski definition) is 1. The summed E-state index contributed by atoms with van der Waals surface area (Å²) in [7, 11) is 0. The van der Waals surface area contributed by atoms with Crippen molar-refractivity contribution in [2.24, 2.45) is 0 Å². The van der Waals surface area contributed by atoms with Gasteiger partial charge in [-0.25, -0.2) is 0 Å². The van der Waals surface area contributed by atoms with Gasteiger partial charge < -0.3 is 5.32 Å². The number of benzene rings is 2. The van der Waals surface area contributed by atoms with Gasteiger partial charge in [0.2, 0.25) is 0 Å². The summed E-state index contributed by atoms with van der Waals surface area (Å²) in [6, 6.07) is 13.3. The largest absolute Gasteiger partial charge is 0.377 e. The summed E-state index contributed by atoms with van der Waals surface area (Å²) < 4.78 is 0. The van der Waals surface area contributed by atoms with Crippen LogP contribution < -0.4 is 5.32 Å². The third-order valence-corrected chi connectivity index (χ3v) is 2.94.